The fourth-order valence-electron chi connectivity index (χ4n) is 2.40. The molecule has 0 spiro atoms. The third-order valence-electron chi connectivity index (χ3n) is 3.49. The largest absolute Gasteiger partial charge is 0.465 e. The van der Waals surface area contributed by atoms with E-state index in [4.69, 9.17) is 16.0 Å². The van der Waals surface area contributed by atoms with Crippen LogP contribution in [-0.4, -0.2) is 28.3 Å². The molecule has 2 aromatic heterocycles. The topological polar surface area (TPSA) is 78.1 Å². The van der Waals surface area contributed by atoms with Gasteiger partial charge >= 0.3 is 5.97 Å². The second-order valence-corrected chi connectivity index (χ2v) is 7.49. The molecule has 1 fully saturated rings. The van der Waals surface area contributed by atoms with Crippen LogP contribution in [0.15, 0.2) is 14.0 Å². The zero-order chi connectivity index (χ0) is 15.5. The van der Waals surface area contributed by atoms with Crippen LogP contribution in [0.2, 0.25) is 5.15 Å². The molecule has 3 rings (SSSR count). The molecule has 2 heterocycles. The quantitative estimate of drug-likeness (QED) is 0.758. The van der Waals surface area contributed by atoms with Crippen molar-refractivity contribution in [3.63, 3.8) is 0 Å². The molecule has 0 amide bonds. The molecule has 0 N–H and O–H groups in total. The standard InChI is InChI=1S/C13H14ClN3O3S2/c1-19-11(18)8-9(14)15-13(21-8)22-12-17-16-10(20-12)7-5-3-2-4-6-7/h7H,2-6H2,1H3. The lowest BCUT2D eigenvalue weighted by Gasteiger charge is -2.17. The molecule has 2 aromatic rings. The summed E-state index contributed by atoms with van der Waals surface area (Å²) in [6, 6.07) is 0. The van der Waals surface area contributed by atoms with E-state index < -0.39 is 5.97 Å². The lowest BCUT2D eigenvalue weighted by Crippen LogP contribution is -2.04. The van der Waals surface area contributed by atoms with Gasteiger partial charge in [-0.15, -0.1) is 10.2 Å². The van der Waals surface area contributed by atoms with Gasteiger partial charge in [0.1, 0.15) is 0 Å². The van der Waals surface area contributed by atoms with Crippen molar-refractivity contribution in [2.24, 2.45) is 0 Å². The first kappa shape index (κ1) is 15.8. The number of nitrogens with zero attached hydrogens (tertiary/aromatic N) is 3. The fourth-order valence-corrected chi connectivity index (χ4v) is 4.51. The smallest absolute Gasteiger partial charge is 0.351 e. The molecule has 1 saturated carbocycles. The number of carbonyl (C=O) groups is 1. The van der Waals surface area contributed by atoms with Gasteiger partial charge in [-0.1, -0.05) is 42.2 Å². The number of ether oxygens (including phenoxy) is 1. The van der Waals surface area contributed by atoms with Gasteiger partial charge in [-0.2, -0.15) is 0 Å². The molecule has 1 aliphatic carbocycles. The Morgan fingerprint density at radius 1 is 1.36 bits per heavy atom. The molecule has 0 atom stereocenters. The number of esters is 1. The Morgan fingerprint density at radius 3 is 2.86 bits per heavy atom. The summed E-state index contributed by atoms with van der Waals surface area (Å²) in [5.74, 6) is 0.557. The molecule has 118 valence electrons. The number of thiazole rings is 1. The van der Waals surface area contributed by atoms with Crippen LogP contribution in [0, 0.1) is 0 Å². The van der Waals surface area contributed by atoms with Gasteiger partial charge in [0.15, 0.2) is 14.4 Å². The summed E-state index contributed by atoms with van der Waals surface area (Å²) >= 11 is 8.29. The van der Waals surface area contributed by atoms with Gasteiger partial charge in [0, 0.05) is 17.7 Å². The summed E-state index contributed by atoms with van der Waals surface area (Å²) in [5, 5.41) is 8.73. The van der Waals surface area contributed by atoms with Crippen LogP contribution in [-0.2, 0) is 4.74 Å². The van der Waals surface area contributed by atoms with Gasteiger partial charge in [0.05, 0.1) is 7.11 Å². The van der Waals surface area contributed by atoms with Gasteiger partial charge < -0.3 is 9.15 Å². The van der Waals surface area contributed by atoms with Crippen LogP contribution in [0.4, 0.5) is 0 Å². The van der Waals surface area contributed by atoms with Crippen LogP contribution >= 0.6 is 34.7 Å². The lowest BCUT2D eigenvalue weighted by atomic mass is 9.89. The highest BCUT2D eigenvalue weighted by molar-refractivity contribution is 8.00. The van der Waals surface area contributed by atoms with Crippen LogP contribution in [0.5, 0.6) is 0 Å². The normalized spacial score (nSPS) is 15.9. The summed E-state index contributed by atoms with van der Waals surface area (Å²) < 4.78 is 10.9. The zero-order valence-electron chi connectivity index (χ0n) is 11.9. The predicted molar refractivity (Wildman–Crippen MR) is 82.7 cm³/mol. The minimum absolute atomic E-state index is 0.131. The van der Waals surface area contributed by atoms with Crippen LogP contribution in [0.3, 0.4) is 0 Å². The minimum atomic E-state index is -0.497. The molecule has 0 unspecified atom stereocenters. The Hall–Kier alpha value is -1.12. The lowest BCUT2D eigenvalue weighted by molar-refractivity contribution is 0.0606. The van der Waals surface area contributed by atoms with E-state index >= 15 is 0 Å². The average molecular weight is 360 g/mol. The van der Waals surface area contributed by atoms with Gasteiger partial charge in [-0.25, -0.2) is 9.78 Å². The number of aromatic nitrogens is 3. The molecule has 22 heavy (non-hydrogen) atoms. The van der Waals surface area contributed by atoms with E-state index in [9.17, 15) is 4.79 Å². The Kier molecular flexibility index (Phi) is 5.00. The van der Waals surface area contributed by atoms with Gasteiger partial charge in [-0.05, 0) is 12.8 Å². The summed E-state index contributed by atoms with van der Waals surface area (Å²) in [6.45, 7) is 0. The minimum Gasteiger partial charge on any atom is -0.465 e. The third-order valence-corrected chi connectivity index (χ3v) is 5.81. The molecule has 0 bridgehead atoms. The van der Waals surface area contributed by atoms with Crippen LogP contribution in [0.1, 0.15) is 53.6 Å². The summed E-state index contributed by atoms with van der Waals surface area (Å²) in [7, 11) is 1.31. The first-order valence-electron chi connectivity index (χ1n) is 6.93. The first-order chi connectivity index (χ1) is 10.7. The number of hydrogen-bond acceptors (Lipinski definition) is 8. The summed E-state index contributed by atoms with van der Waals surface area (Å²) in [5.41, 5.74) is 0. The van der Waals surface area contributed by atoms with Crippen molar-refractivity contribution in [2.45, 2.75) is 47.6 Å². The molecule has 0 radical (unpaired) electrons. The van der Waals surface area contributed by atoms with Gasteiger partial charge in [-0.3, -0.25) is 0 Å². The first-order valence-corrected chi connectivity index (χ1v) is 8.94. The van der Waals surface area contributed by atoms with Gasteiger partial charge in [0.2, 0.25) is 5.89 Å². The highest BCUT2D eigenvalue weighted by Gasteiger charge is 2.23. The molecule has 0 aromatic carbocycles. The van der Waals surface area contributed by atoms with E-state index in [2.05, 4.69) is 19.9 Å². The van der Waals surface area contributed by atoms with E-state index in [0.29, 0.717) is 21.4 Å². The van der Waals surface area contributed by atoms with Crippen LogP contribution < -0.4 is 0 Å². The van der Waals surface area contributed by atoms with Crippen molar-refractivity contribution < 1.29 is 13.9 Å². The highest BCUT2D eigenvalue weighted by Crippen LogP contribution is 2.37. The van der Waals surface area contributed by atoms with Crippen molar-refractivity contribution in [3.05, 3.63) is 15.9 Å². The Labute approximate surface area is 140 Å². The summed E-state index contributed by atoms with van der Waals surface area (Å²) in [4.78, 5) is 15.9. The van der Waals surface area contributed by atoms with E-state index in [-0.39, 0.29) is 10.0 Å². The predicted octanol–water partition coefficient (Wildman–Crippen LogP) is 4.17. The SMILES string of the molecule is COC(=O)c1sc(Sc2nnc(C3CCCCC3)o2)nc1Cl. The number of methoxy groups -OCH3 is 1. The van der Waals surface area contributed by atoms with Crippen LogP contribution in [0.25, 0.3) is 0 Å². The average Bonchev–Trinajstić information content (AvgIpc) is 3.14. The highest BCUT2D eigenvalue weighted by atomic mass is 35.5. The maximum Gasteiger partial charge on any atom is 0.351 e. The third kappa shape index (κ3) is 3.44. The fraction of sp³-hybridized carbons (Fsp3) is 0.538. The summed E-state index contributed by atoms with van der Waals surface area (Å²) in [6.07, 6.45) is 5.89. The molecule has 0 saturated heterocycles. The maximum absolute atomic E-state index is 11.5. The number of halogens is 1. The Morgan fingerprint density at radius 2 is 2.14 bits per heavy atom. The second kappa shape index (κ2) is 6.97. The van der Waals surface area contributed by atoms with E-state index in [1.54, 1.807) is 0 Å². The number of rotatable bonds is 4. The van der Waals surface area contributed by atoms with E-state index in [1.807, 2.05) is 0 Å². The van der Waals surface area contributed by atoms with Crippen molar-refractivity contribution in [1.29, 1.82) is 0 Å². The number of carbonyl (C=O) groups excluding carboxylic acids is 1. The van der Waals surface area contributed by atoms with Crippen molar-refractivity contribution in [2.75, 3.05) is 7.11 Å². The maximum atomic E-state index is 11.5. The molecular formula is C13H14ClN3O3S2. The Bertz CT molecular complexity index is 667. The Balaban J connectivity index is 1.71. The molecule has 0 aliphatic heterocycles. The van der Waals surface area contributed by atoms with Gasteiger partial charge in [0.25, 0.3) is 5.22 Å². The second-order valence-electron chi connectivity index (χ2n) is 4.93. The van der Waals surface area contributed by atoms with Crippen molar-refractivity contribution in [3.8, 4) is 0 Å². The van der Waals surface area contributed by atoms with E-state index in [0.717, 1.165) is 24.2 Å². The monoisotopic (exact) mass is 359 g/mol. The molecule has 9 heteroatoms. The van der Waals surface area contributed by atoms with Crippen molar-refractivity contribution >= 4 is 40.7 Å². The molecule has 6 nitrogen and oxygen atoms in total. The van der Waals surface area contributed by atoms with E-state index in [1.165, 1.54) is 38.1 Å². The number of hydrogen-bond donors (Lipinski definition) is 0. The molecular weight excluding hydrogens is 346 g/mol. The molecule has 1 aliphatic rings. The zero-order valence-corrected chi connectivity index (χ0v) is 14.3. The van der Waals surface area contributed by atoms with Crippen molar-refractivity contribution in [1.82, 2.24) is 15.2 Å².